The Morgan fingerprint density at radius 2 is 1.95 bits per heavy atom. The van der Waals surface area contributed by atoms with Crippen LogP contribution in [0.5, 0.6) is 0 Å². The van der Waals surface area contributed by atoms with Gasteiger partial charge in [0.15, 0.2) is 0 Å². The van der Waals surface area contributed by atoms with Crippen molar-refractivity contribution in [2.45, 2.75) is 13.8 Å². The molecule has 0 atom stereocenters. The normalized spacial score (nSPS) is 11.8. The van der Waals surface area contributed by atoms with Crippen molar-refractivity contribution >= 4 is 29.0 Å². The highest BCUT2D eigenvalue weighted by Crippen LogP contribution is 2.30. The highest BCUT2D eigenvalue weighted by molar-refractivity contribution is 7.16. The average Bonchev–Trinajstić information content (AvgIpc) is 2.85. The molecule has 0 bridgehead atoms. The van der Waals surface area contributed by atoms with Crippen molar-refractivity contribution in [3.63, 3.8) is 0 Å². The topological polar surface area (TPSA) is 12.0 Å². The smallest absolute Gasteiger partial charge is 0.0406 e. The second-order valence-electron chi connectivity index (χ2n) is 4.48. The Kier molecular flexibility index (Phi) is 5.20. The Morgan fingerprint density at radius 1 is 1.21 bits per heavy atom. The quantitative estimate of drug-likeness (QED) is 0.810. The first-order valence-corrected chi connectivity index (χ1v) is 7.62. The van der Waals surface area contributed by atoms with Crippen molar-refractivity contribution in [1.29, 1.82) is 0 Å². The lowest BCUT2D eigenvalue weighted by molar-refractivity contribution is 0.779. The van der Waals surface area contributed by atoms with Gasteiger partial charge in [-0.25, -0.2) is 0 Å². The van der Waals surface area contributed by atoms with Gasteiger partial charge >= 0.3 is 0 Å². The first-order chi connectivity index (χ1) is 9.19. The third-order valence-electron chi connectivity index (χ3n) is 2.80. The third kappa shape index (κ3) is 4.20. The Balaban J connectivity index is 2.12. The SMILES string of the molecule is CCNCC(C)=Cc1ccc(-c2ccc(Cl)cc2)s1. The molecule has 19 heavy (non-hydrogen) atoms. The van der Waals surface area contributed by atoms with Crippen molar-refractivity contribution in [2.24, 2.45) is 0 Å². The van der Waals surface area contributed by atoms with Crippen molar-refractivity contribution in [3.8, 4) is 10.4 Å². The van der Waals surface area contributed by atoms with E-state index in [4.69, 9.17) is 11.6 Å². The highest BCUT2D eigenvalue weighted by Gasteiger charge is 2.01. The molecule has 0 spiro atoms. The van der Waals surface area contributed by atoms with Crippen LogP contribution in [-0.2, 0) is 0 Å². The molecule has 100 valence electrons. The summed E-state index contributed by atoms with van der Waals surface area (Å²) in [7, 11) is 0. The zero-order valence-electron chi connectivity index (χ0n) is 11.2. The molecule has 0 aliphatic carbocycles. The van der Waals surface area contributed by atoms with Crippen LogP contribution in [0, 0.1) is 0 Å². The lowest BCUT2D eigenvalue weighted by atomic mass is 10.2. The van der Waals surface area contributed by atoms with E-state index in [-0.39, 0.29) is 0 Å². The van der Waals surface area contributed by atoms with Crippen molar-refractivity contribution < 1.29 is 0 Å². The zero-order chi connectivity index (χ0) is 13.7. The summed E-state index contributed by atoms with van der Waals surface area (Å²) >= 11 is 7.71. The van der Waals surface area contributed by atoms with E-state index in [0.717, 1.165) is 18.1 Å². The van der Waals surface area contributed by atoms with Crippen molar-refractivity contribution in [2.75, 3.05) is 13.1 Å². The largest absolute Gasteiger partial charge is 0.313 e. The van der Waals surface area contributed by atoms with Crippen LogP contribution in [0.25, 0.3) is 16.5 Å². The van der Waals surface area contributed by atoms with Crippen LogP contribution in [0.3, 0.4) is 0 Å². The number of likely N-dealkylation sites (N-methyl/N-ethyl adjacent to an activating group) is 1. The van der Waals surface area contributed by atoms with Crippen LogP contribution in [0.1, 0.15) is 18.7 Å². The van der Waals surface area contributed by atoms with Gasteiger partial charge in [0.25, 0.3) is 0 Å². The van der Waals surface area contributed by atoms with Gasteiger partial charge in [0, 0.05) is 21.3 Å². The van der Waals surface area contributed by atoms with Crippen molar-refractivity contribution in [1.82, 2.24) is 5.32 Å². The fourth-order valence-corrected chi connectivity index (χ4v) is 2.98. The second kappa shape index (κ2) is 6.90. The summed E-state index contributed by atoms with van der Waals surface area (Å²) in [4.78, 5) is 2.57. The molecule has 3 heteroatoms. The Bertz CT molecular complexity index is 554. The summed E-state index contributed by atoms with van der Waals surface area (Å²) in [6, 6.07) is 12.3. The minimum atomic E-state index is 0.780. The molecule has 1 aromatic heterocycles. The van der Waals surface area contributed by atoms with Gasteiger partial charge in [0.2, 0.25) is 0 Å². The summed E-state index contributed by atoms with van der Waals surface area (Å²) in [5.74, 6) is 0. The molecule has 1 aromatic carbocycles. The fourth-order valence-electron chi connectivity index (χ4n) is 1.82. The Labute approximate surface area is 123 Å². The molecule has 0 aliphatic heterocycles. The molecule has 0 amide bonds. The summed E-state index contributed by atoms with van der Waals surface area (Å²) in [5, 5.41) is 4.11. The van der Waals surface area contributed by atoms with Gasteiger partial charge in [-0.2, -0.15) is 0 Å². The minimum absolute atomic E-state index is 0.780. The van der Waals surface area contributed by atoms with E-state index >= 15 is 0 Å². The Hall–Kier alpha value is -1.09. The minimum Gasteiger partial charge on any atom is -0.313 e. The summed E-state index contributed by atoms with van der Waals surface area (Å²) < 4.78 is 0. The molecule has 2 rings (SSSR count). The molecular weight excluding hydrogens is 274 g/mol. The van der Waals surface area contributed by atoms with Crippen LogP contribution in [0.4, 0.5) is 0 Å². The molecule has 1 N–H and O–H groups in total. The van der Waals surface area contributed by atoms with Gasteiger partial charge in [0.1, 0.15) is 0 Å². The number of halogens is 1. The van der Waals surface area contributed by atoms with E-state index in [9.17, 15) is 0 Å². The van der Waals surface area contributed by atoms with Gasteiger partial charge in [0.05, 0.1) is 0 Å². The number of hydrogen-bond donors (Lipinski definition) is 1. The molecule has 0 radical (unpaired) electrons. The van der Waals surface area contributed by atoms with Crippen LogP contribution in [-0.4, -0.2) is 13.1 Å². The maximum atomic E-state index is 5.91. The molecule has 2 aromatic rings. The standard InChI is InChI=1S/C16H18ClNS/c1-3-18-11-12(2)10-15-8-9-16(19-15)13-4-6-14(17)7-5-13/h4-10,18H,3,11H2,1-2H3. The summed E-state index contributed by atoms with van der Waals surface area (Å²) in [5.41, 5.74) is 2.57. The molecular formula is C16H18ClNS. The second-order valence-corrected chi connectivity index (χ2v) is 6.03. The van der Waals surface area contributed by atoms with E-state index in [1.165, 1.54) is 20.9 Å². The molecule has 0 unspecified atom stereocenters. The van der Waals surface area contributed by atoms with E-state index in [2.05, 4.69) is 49.5 Å². The molecule has 0 aliphatic rings. The highest BCUT2D eigenvalue weighted by atomic mass is 35.5. The van der Waals surface area contributed by atoms with Gasteiger partial charge in [-0.1, -0.05) is 36.2 Å². The lowest BCUT2D eigenvalue weighted by Gasteiger charge is -2.00. The van der Waals surface area contributed by atoms with Crippen LogP contribution in [0.15, 0.2) is 42.0 Å². The summed E-state index contributed by atoms with van der Waals surface area (Å²) in [6.07, 6.45) is 2.24. The van der Waals surface area contributed by atoms with Crippen LogP contribution >= 0.6 is 22.9 Å². The molecule has 0 saturated carbocycles. The number of hydrogen-bond acceptors (Lipinski definition) is 2. The molecule has 0 saturated heterocycles. The van der Waals surface area contributed by atoms with Crippen molar-refractivity contribution in [3.05, 3.63) is 51.9 Å². The average molecular weight is 292 g/mol. The van der Waals surface area contributed by atoms with Gasteiger partial charge in [-0.15, -0.1) is 11.3 Å². The first-order valence-electron chi connectivity index (χ1n) is 6.42. The predicted octanol–water partition coefficient (Wildman–Crippen LogP) is 5.08. The number of rotatable bonds is 5. The number of benzene rings is 1. The maximum absolute atomic E-state index is 5.91. The zero-order valence-corrected chi connectivity index (χ0v) is 12.8. The van der Waals surface area contributed by atoms with Crippen LogP contribution < -0.4 is 5.32 Å². The van der Waals surface area contributed by atoms with Gasteiger partial charge < -0.3 is 5.32 Å². The maximum Gasteiger partial charge on any atom is 0.0406 e. The van der Waals surface area contributed by atoms with Gasteiger partial charge in [-0.3, -0.25) is 0 Å². The van der Waals surface area contributed by atoms with Gasteiger partial charge in [-0.05, 0) is 49.4 Å². The first kappa shape index (κ1) is 14.3. The summed E-state index contributed by atoms with van der Waals surface area (Å²) in [6.45, 7) is 6.23. The monoisotopic (exact) mass is 291 g/mol. The van der Waals surface area contributed by atoms with E-state index in [0.29, 0.717) is 0 Å². The number of nitrogens with one attached hydrogen (secondary N) is 1. The molecule has 1 heterocycles. The Morgan fingerprint density at radius 3 is 2.63 bits per heavy atom. The molecule has 1 nitrogen and oxygen atoms in total. The fraction of sp³-hybridized carbons (Fsp3) is 0.250. The van der Waals surface area contributed by atoms with E-state index in [1.54, 1.807) is 11.3 Å². The lowest BCUT2D eigenvalue weighted by Crippen LogP contribution is -2.14. The van der Waals surface area contributed by atoms with E-state index in [1.807, 2.05) is 12.1 Å². The number of thiophene rings is 1. The third-order valence-corrected chi connectivity index (χ3v) is 4.13. The van der Waals surface area contributed by atoms with Crippen LogP contribution in [0.2, 0.25) is 5.02 Å². The van der Waals surface area contributed by atoms with E-state index < -0.39 is 0 Å². The predicted molar refractivity (Wildman–Crippen MR) is 87.0 cm³/mol. The molecule has 0 fully saturated rings.